The summed E-state index contributed by atoms with van der Waals surface area (Å²) in [5.41, 5.74) is 1.68. The molecule has 1 saturated carbocycles. The topological polar surface area (TPSA) is 85.9 Å². The number of rotatable bonds is 10. The minimum Gasteiger partial charge on any atom is -0.493 e. The van der Waals surface area contributed by atoms with Crippen LogP contribution in [0.25, 0.3) is 0 Å². The van der Waals surface area contributed by atoms with E-state index in [0.717, 1.165) is 18.4 Å². The summed E-state index contributed by atoms with van der Waals surface area (Å²) in [6.45, 7) is 0. The number of hydrogen-bond donors (Lipinski definition) is 2. The Morgan fingerprint density at radius 2 is 1.60 bits per heavy atom. The van der Waals surface area contributed by atoms with E-state index in [-0.39, 0.29) is 24.3 Å². The molecule has 7 heteroatoms. The molecular formula is C23H28N2O5. The molecule has 0 saturated heterocycles. The van der Waals surface area contributed by atoms with Crippen molar-refractivity contribution in [3.63, 3.8) is 0 Å². The molecule has 0 bridgehead atoms. The van der Waals surface area contributed by atoms with Crippen LogP contribution in [0.5, 0.6) is 17.2 Å². The van der Waals surface area contributed by atoms with Crippen LogP contribution in [0.4, 0.5) is 0 Å². The molecular weight excluding hydrogens is 384 g/mol. The standard InChI is InChI=1S/C23H28N2O5/c1-28-19-12-16(13-20(29-2)22(19)30-3)14-21(26)25-18(23(27)24-17-9-10-17)11-15-7-5-4-6-8-15/h4-8,12-13,17-18H,9-11,14H2,1-3H3,(H,24,27)(H,25,26). The van der Waals surface area contributed by atoms with Gasteiger partial charge < -0.3 is 24.8 Å². The van der Waals surface area contributed by atoms with Crippen molar-refractivity contribution >= 4 is 11.8 Å². The minimum atomic E-state index is -0.637. The first-order valence-corrected chi connectivity index (χ1v) is 9.96. The highest BCUT2D eigenvalue weighted by Gasteiger charge is 2.28. The van der Waals surface area contributed by atoms with Crippen LogP contribution in [-0.2, 0) is 22.4 Å². The number of carbonyl (C=O) groups is 2. The second-order valence-electron chi connectivity index (χ2n) is 7.30. The number of amides is 2. The summed E-state index contributed by atoms with van der Waals surface area (Å²) in [5, 5.41) is 5.87. The third-order valence-electron chi connectivity index (χ3n) is 4.95. The Morgan fingerprint density at radius 1 is 0.967 bits per heavy atom. The largest absolute Gasteiger partial charge is 0.493 e. The van der Waals surface area contributed by atoms with Gasteiger partial charge in [0.25, 0.3) is 0 Å². The Hall–Kier alpha value is -3.22. The predicted molar refractivity (Wildman–Crippen MR) is 113 cm³/mol. The molecule has 2 aromatic rings. The zero-order valence-corrected chi connectivity index (χ0v) is 17.6. The fourth-order valence-electron chi connectivity index (χ4n) is 3.26. The van der Waals surface area contributed by atoms with Gasteiger partial charge in [0.15, 0.2) is 11.5 Å². The van der Waals surface area contributed by atoms with Crippen molar-refractivity contribution in [1.82, 2.24) is 10.6 Å². The van der Waals surface area contributed by atoms with E-state index in [1.54, 1.807) is 12.1 Å². The molecule has 0 heterocycles. The molecule has 1 atom stereocenters. The van der Waals surface area contributed by atoms with Crippen LogP contribution in [0.3, 0.4) is 0 Å². The lowest BCUT2D eigenvalue weighted by atomic mass is 10.0. The SMILES string of the molecule is COc1cc(CC(=O)NC(Cc2ccccc2)C(=O)NC2CC2)cc(OC)c1OC. The van der Waals surface area contributed by atoms with Crippen molar-refractivity contribution in [2.24, 2.45) is 0 Å². The van der Waals surface area contributed by atoms with Gasteiger partial charge in [-0.25, -0.2) is 0 Å². The summed E-state index contributed by atoms with van der Waals surface area (Å²) in [6, 6.07) is 12.7. The predicted octanol–water partition coefficient (Wildman–Crippen LogP) is 2.26. The van der Waals surface area contributed by atoms with E-state index in [0.29, 0.717) is 29.2 Å². The maximum atomic E-state index is 12.8. The van der Waals surface area contributed by atoms with Gasteiger partial charge in [-0.3, -0.25) is 9.59 Å². The van der Waals surface area contributed by atoms with Crippen molar-refractivity contribution in [3.8, 4) is 17.2 Å². The van der Waals surface area contributed by atoms with Crippen molar-refractivity contribution in [2.75, 3.05) is 21.3 Å². The van der Waals surface area contributed by atoms with Gasteiger partial charge in [0.1, 0.15) is 6.04 Å². The van der Waals surface area contributed by atoms with Gasteiger partial charge in [0.2, 0.25) is 17.6 Å². The average molecular weight is 412 g/mol. The molecule has 2 amide bonds. The van der Waals surface area contributed by atoms with Gasteiger partial charge >= 0.3 is 0 Å². The first kappa shape index (κ1) is 21.5. The molecule has 0 aliphatic heterocycles. The highest BCUT2D eigenvalue weighted by molar-refractivity contribution is 5.89. The van der Waals surface area contributed by atoms with Gasteiger partial charge in [-0.05, 0) is 36.1 Å². The molecule has 1 fully saturated rings. The van der Waals surface area contributed by atoms with Crippen molar-refractivity contribution in [1.29, 1.82) is 0 Å². The summed E-state index contributed by atoms with van der Waals surface area (Å²) in [6.07, 6.45) is 2.49. The summed E-state index contributed by atoms with van der Waals surface area (Å²) >= 11 is 0. The first-order chi connectivity index (χ1) is 14.5. The molecule has 0 aromatic heterocycles. The Morgan fingerprint density at radius 3 is 2.13 bits per heavy atom. The van der Waals surface area contributed by atoms with E-state index < -0.39 is 6.04 Å². The fourth-order valence-corrected chi connectivity index (χ4v) is 3.26. The second-order valence-corrected chi connectivity index (χ2v) is 7.30. The van der Waals surface area contributed by atoms with E-state index in [1.807, 2.05) is 30.3 Å². The summed E-state index contributed by atoms with van der Waals surface area (Å²) < 4.78 is 16.0. The average Bonchev–Trinajstić information content (AvgIpc) is 3.57. The molecule has 30 heavy (non-hydrogen) atoms. The van der Waals surface area contributed by atoms with Gasteiger partial charge in [-0.2, -0.15) is 0 Å². The van der Waals surface area contributed by atoms with Gasteiger partial charge in [0, 0.05) is 12.5 Å². The number of hydrogen-bond acceptors (Lipinski definition) is 5. The number of carbonyl (C=O) groups excluding carboxylic acids is 2. The zero-order valence-electron chi connectivity index (χ0n) is 17.6. The van der Waals surface area contributed by atoms with Crippen molar-refractivity contribution in [3.05, 3.63) is 53.6 Å². The monoisotopic (exact) mass is 412 g/mol. The van der Waals surface area contributed by atoms with Crippen LogP contribution in [0, 0.1) is 0 Å². The number of methoxy groups -OCH3 is 3. The third kappa shape index (κ3) is 5.65. The Kier molecular flexibility index (Phi) is 7.17. The summed E-state index contributed by atoms with van der Waals surface area (Å²) in [7, 11) is 4.58. The van der Waals surface area contributed by atoms with Crippen molar-refractivity contribution < 1.29 is 23.8 Å². The highest BCUT2D eigenvalue weighted by atomic mass is 16.5. The molecule has 160 valence electrons. The molecule has 1 aliphatic carbocycles. The molecule has 0 radical (unpaired) electrons. The van der Waals surface area contributed by atoms with Gasteiger partial charge in [-0.15, -0.1) is 0 Å². The van der Waals surface area contributed by atoms with Gasteiger partial charge in [-0.1, -0.05) is 30.3 Å². The van der Waals surface area contributed by atoms with E-state index in [9.17, 15) is 9.59 Å². The smallest absolute Gasteiger partial charge is 0.243 e. The molecule has 0 spiro atoms. The van der Waals surface area contributed by atoms with Gasteiger partial charge in [0.05, 0.1) is 27.8 Å². The van der Waals surface area contributed by atoms with Crippen LogP contribution in [-0.4, -0.2) is 45.2 Å². The first-order valence-electron chi connectivity index (χ1n) is 9.96. The second kappa shape index (κ2) is 10.0. The van der Waals surface area contributed by atoms with Crippen LogP contribution < -0.4 is 24.8 Å². The van der Waals surface area contributed by atoms with E-state index in [4.69, 9.17) is 14.2 Å². The zero-order chi connectivity index (χ0) is 21.5. The molecule has 1 unspecified atom stereocenters. The van der Waals surface area contributed by atoms with Crippen LogP contribution in [0.15, 0.2) is 42.5 Å². The number of benzene rings is 2. The Balaban J connectivity index is 1.72. The molecule has 1 aliphatic rings. The number of ether oxygens (including phenoxy) is 3. The van der Waals surface area contributed by atoms with E-state index in [1.165, 1.54) is 21.3 Å². The lowest BCUT2D eigenvalue weighted by Crippen LogP contribution is -2.49. The van der Waals surface area contributed by atoms with Crippen LogP contribution in [0.2, 0.25) is 0 Å². The summed E-state index contributed by atoms with van der Waals surface area (Å²) in [5.74, 6) is 1.02. The molecule has 2 aromatic carbocycles. The molecule has 3 rings (SSSR count). The quantitative estimate of drug-likeness (QED) is 0.625. The maximum Gasteiger partial charge on any atom is 0.243 e. The van der Waals surface area contributed by atoms with Crippen LogP contribution in [0.1, 0.15) is 24.0 Å². The molecule has 7 nitrogen and oxygen atoms in total. The lowest BCUT2D eigenvalue weighted by molar-refractivity contribution is -0.128. The maximum absolute atomic E-state index is 12.8. The Bertz CT molecular complexity index is 855. The minimum absolute atomic E-state index is 0.0821. The van der Waals surface area contributed by atoms with Crippen molar-refractivity contribution in [2.45, 2.75) is 37.8 Å². The van der Waals surface area contributed by atoms with Crippen LogP contribution >= 0.6 is 0 Å². The molecule has 2 N–H and O–H groups in total. The van der Waals surface area contributed by atoms with E-state index in [2.05, 4.69) is 10.6 Å². The van der Waals surface area contributed by atoms with E-state index >= 15 is 0 Å². The number of nitrogens with one attached hydrogen (secondary N) is 2. The third-order valence-corrected chi connectivity index (χ3v) is 4.95. The Labute approximate surface area is 176 Å². The highest BCUT2D eigenvalue weighted by Crippen LogP contribution is 2.38. The lowest BCUT2D eigenvalue weighted by Gasteiger charge is -2.19. The fraction of sp³-hybridized carbons (Fsp3) is 0.391. The summed E-state index contributed by atoms with van der Waals surface area (Å²) in [4.78, 5) is 25.5. The normalized spacial score (nSPS) is 13.8.